The van der Waals surface area contributed by atoms with Gasteiger partial charge in [-0.25, -0.2) is 0 Å². The lowest BCUT2D eigenvalue weighted by molar-refractivity contribution is 0.174. The van der Waals surface area contributed by atoms with Gasteiger partial charge in [0.05, 0.1) is 6.10 Å². The van der Waals surface area contributed by atoms with E-state index in [2.05, 4.69) is 0 Å². The van der Waals surface area contributed by atoms with Crippen LogP contribution in [0.15, 0.2) is 30.3 Å². The number of hydrogen-bond donors (Lipinski definition) is 2. The number of benzene rings is 1. The highest BCUT2D eigenvalue weighted by Crippen LogP contribution is 2.36. The Bertz CT molecular complexity index is 285. The lowest BCUT2D eigenvalue weighted by Gasteiger charge is -2.24. The quantitative estimate of drug-likeness (QED) is 0.681. The molecule has 0 spiro atoms. The van der Waals surface area contributed by atoms with Crippen LogP contribution in [-0.4, -0.2) is 11.2 Å². The van der Waals surface area contributed by atoms with Gasteiger partial charge < -0.3 is 10.8 Å². The van der Waals surface area contributed by atoms with E-state index in [1.54, 1.807) is 0 Å². The third kappa shape index (κ3) is 1.60. The van der Waals surface area contributed by atoms with Crippen molar-refractivity contribution in [2.75, 3.05) is 0 Å². The summed E-state index contributed by atoms with van der Waals surface area (Å²) in [6, 6.07) is 10.1. The molecule has 1 aromatic carbocycles. The zero-order chi connectivity index (χ0) is 9.31. The Kier molecular flexibility index (Phi) is 2.10. The molecule has 0 aromatic heterocycles. The first kappa shape index (κ1) is 8.73. The molecule has 2 nitrogen and oxygen atoms in total. The van der Waals surface area contributed by atoms with E-state index in [1.807, 2.05) is 30.3 Å². The molecule has 13 heavy (non-hydrogen) atoms. The summed E-state index contributed by atoms with van der Waals surface area (Å²) in [4.78, 5) is 0. The number of aliphatic hydroxyl groups is 1. The van der Waals surface area contributed by atoms with E-state index in [9.17, 15) is 5.11 Å². The van der Waals surface area contributed by atoms with Crippen molar-refractivity contribution >= 4 is 0 Å². The summed E-state index contributed by atoms with van der Waals surface area (Å²) in [7, 11) is 0. The van der Waals surface area contributed by atoms with Crippen molar-refractivity contribution in [3.8, 4) is 0 Å². The Balaban J connectivity index is 2.26. The topological polar surface area (TPSA) is 46.2 Å². The first-order chi connectivity index (χ1) is 6.21. The molecule has 1 aromatic rings. The number of hydrogen-bond acceptors (Lipinski definition) is 2. The Hall–Kier alpha value is -0.860. The van der Waals surface area contributed by atoms with E-state index in [4.69, 9.17) is 5.73 Å². The van der Waals surface area contributed by atoms with Gasteiger partial charge in [0.2, 0.25) is 0 Å². The molecule has 0 radical (unpaired) electrons. The summed E-state index contributed by atoms with van der Waals surface area (Å²) in [5, 5.41) is 9.45. The van der Waals surface area contributed by atoms with E-state index < -0.39 is 0 Å². The summed E-state index contributed by atoms with van der Waals surface area (Å²) in [5.41, 5.74) is 7.06. The summed E-state index contributed by atoms with van der Waals surface area (Å²) in [6.45, 7) is 0. The number of rotatable bonds is 1. The van der Waals surface area contributed by atoms with Crippen LogP contribution in [0.3, 0.4) is 0 Å². The van der Waals surface area contributed by atoms with Gasteiger partial charge in [0.1, 0.15) is 0 Å². The summed E-state index contributed by atoms with van der Waals surface area (Å²) in [6.07, 6.45) is 2.19. The average molecular weight is 177 g/mol. The van der Waals surface area contributed by atoms with Crippen LogP contribution in [0.4, 0.5) is 0 Å². The Labute approximate surface area is 78.4 Å². The number of nitrogens with two attached hydrogens (primary N) is 1. The van der Waals surface area contributed by atoms with Crippen LogP contribution < -0.4 is 5.73 Å². The molecule has 2 rings (SSSR count). The smallest absolute Gasteiger partial charge is 0.0561 e. The largest absolute Gasteiger partial charge is 0.393 e. The van der Waals surface area contributed by atoms with Gasteiger partial charge in [-0.2, -0.15) is 0 Å². The van der Waals surface area contributed by atoms with Gasteiger partial charge in [0, 0.05) is 5.54 Å². The third-order valence-corrected chi connectivity index (χ3v) is 2.87. The van der Waals surface area contributed by atoms with Crippen molar-refractivity contribution in [3.63, 3.8) is 0 Å². The molecule has 0 aliphatic heterocycles. The van der Waals surface area contributed by atoms with Gasteiger partial charge in [-0.05, 0) is 24.8 Å². The van der Waals surface area contributed by atoms with Crippen molar-refractivity contribution in [1.29, 1.82) is 0 Å². The maximum atomic E-state index is 9.45. The fourth-order valence-electron chi connectivity index (χ4n) is 2.08. The van der Waals surface area contributed by atoms with E-state index in [-0.39, 0.29) is 11.6 Å². The minimum Gasteiger partial charge on any atom is -0.393 e. The van der Waals surface area contributed by atoms with E-state index in [1.165, 1.54) is 0 Å². The number of aliphatic hydroxyl groups excluding tert-OH is 1. The monoisotopic (exact) mass is 177 g/mol. The minimum atomic E-state index is -0.291. The molecule has 0 bridgehead atoms. The lowest BCUT2D eigenvalue weighted by atomic mass is 9.89. The third-order valence-electron chi connectivity index (χ3n) is 2.87. The molecule has 0 amide bonds. The molecule has 0 heterocycles. The Morgan fingerprint density at radius 2 is 2.00 bits per heavy atom. The van der Waals surface area contributed by atoms with Crippen LogP contribution in [0.1, 0.15) is 24.8 Å². The van der Waals surface area contributed by atoms with Gasteiger partial charge in [0.25, 0.3) is 0 Å². The van der Waals surface area contributed by atoms with Crippen molar-refractivity contribution in [1.82, 2.24) is 0 Å². The molecule has 0 saturated heterocycles. The second-order valence-corrected chi connectivity index (χ2v) is 3.92. The second-order valence-electron chi connectivity index (χ2n) is 3.92. The van der Waals surface area contributed by atoms with E-state index in [0.717, 1.165) is 18.4 Å². The Morgan fingerprint density at radius 1 is 1.31 bits per heavy atom. The molecule has 2 unspecified atom stereocenters. The fourth-order valence-corrected chi connectivity index (χ4v) is 2.08. The summed E-state index contributed by atoms with van der Waals surface area (Å²) >= 11 is 0. The zero-order valence-electron chi connectivity index (χ0n) is 7.61. The van der Waals surface area contributed by atoms with Crippen LogP contribution >= 0.6 is 0 Å². The SMILES string of the molecule is NC1(c2ccccc2)CCC(O)C1. The first-order valence-corrected chi connectivity index (χ1v) is 4.73. The van der Waals surface area contributed by atoms with Crippen LogP contribution in [-0.2, 0) is 5.54 Å². The molecule has 1 aliphatic carbocycles. The Morgan fingerprint density at radius 3 is 2.54 bits per heavy atom. The average Bonchev–Trinajstić information content (AvgIpc) is 2.49. The van der Waals surface area contributed by atoms with Crippen LogP contribution in [0.5, 0.6) is 0 Å². The van der Waals surface area contributed by atoms with Crippen molar-refractivity contribution < 1.29 is 5.11 Å². The molecule has 1 fully saturated rings. The van der Waals surface area contributed by atoms with E-state index >= 15 is 0 Å². The minimum absolute atomic E-state index is 0.217. The highest BCUT2D eigenvalue weighted by Gasteiger charge is 2.35. The molecular formula is C11H15NO. The first-order valence-electron chi connectivity index (χ1n) is 4.73. The van der Waals surface area contributed by atoms with Gasteiger partial charge in [0.15, 0.2) is 0 Å². The second kappa shape index (κ2) is 3.13. The van der Waals surface area contributed by atoms with Crippen molar-refractivity contribution in [3.05, 3.63) is 35.9 Å². The van der Waals surface area contributed by atoms with Gasteiger partial charge in [-0.1, -0.05) is 30.3 Å². The molecular weight excluding hydrogens is 162 g/mol. The lowest BCUT2D eigenvalue weighted by Crippen LogP contribution is -2.34. The highest BCUT2D eigenvalue weighted by atomic mass is 16.3. The zero-order valence-corrected chi connectivity index (χ0v) is 7.61. The highest BCUT2D eigenvalue weighted by molar-refractivity contribution is 5.25. The fraction of sp³-hybridized carbons (Fsp3) is 0.455. The van der Waals surface area contributed by atoms with Crippen molar-refractivity contribution in [2.45, 2.75) is 30.9 Å². The maximum Gasteiger partial charge on any atom is 0.0561 e. The van der Waals surface area contributed by atoms with Gasteiger partial charge >= 0.3 is 0 Å². The van der Waals surface area contributed by atoms with Gasteiger partial charge in [-0.3, -0.25) is 0 Å². The van der Waals surface area contributed by atoms with Gasteiger partial charge in [-0.15, -0.1) is 0 Å². The van der Waals surface area contributed by atoms with Crippen LogP contribution in [0, 0.1) is 0 Å². The summed E-state index contributed by atoms with van der Waals surface area (Å²) < 4.78 is 0. The standard InChI is InChI=1S/C11H15NO/c12-11(7-6-10(13)8-11)9-4-2-1-3-5-9/h1-5,10,13H,6-8,12H2. The van der Waals surface area contributed by atoms with E-state index in [0.29, 0.717) is 6.42 Å². The molecule has 3 N–H and O–H groups in total. The molecule has 1 saturated carbocycles. The maximum absolute atomic E-state index is 9.45. The van der Waals surface area contributed by atoms with Crippen LogP contribution in [0.25, 0.3) is 0 Å². The molecule has 2 atom stereocenters. The molecule has 70 valence electrons. The predicted molar refractivity (Wildman–Crippen MR) is 52.2 cm³/mol. The summed E-state index contributed by atoms with van der Waals surface area (Å²) in [5.74, 6) is 0. The normalized spacial score (nSPS) is 33.5. The molecule has 1 aliphatic rings. The van der Waals surface area contributed by atoms with Crippen LogP contribution in [0.2, 0.25) is 0 Å². The van der Waals surface area contributed by atoms with Crippen molar-refractivity contribution in [2.24, 2.45) is 5.73 Å². The predicted octanol–water partition coefficient (Wildman–Crippen LogP) is 1.39. The molecule has 2 heteroatoms.